The Morgan fingerprint density at radius 1 is 1.09 bits per heavy atom. The Kier molecular flexibility index (Phi) is 6.45. The molecule has 1 aromatic carbocycles. The van der Waals surface area contributed by atoms with Gasteiger partial charge in [-0.2, -0.15) is 0 Å². The number of amides is 1. The summed E-state index contributed by atoms with van der Waals surface area (Å²) in [4.78, 5) is 35.0. The third-order valence-electron chi connectivity index (χ3n) is 5.81. The third kappa shape index (κ3) is 4.20. The zero-order valence-corrected chi connectivity index (χ0v) is 18.9. The van der Waals surface area contributed by atoms with Crippen molar-refractivity contribution in [2.24, 2.45) is 0 Å². The lowest BCUT2D eigenvalue weighted by Gasteiger charge is -2.29. The molecule has 1 N–H and O–H groups in total. The largest absolute Gasteiger partial charge is 0.494 e. The van der Waals surface area contributed by atoms with E-state index in [4.69, 9.17) is 9.47 Å². The normalized spacial score (nSPS) is 13.3. The van der Waals surface area contributed by atoms with E-state index in [1.54, 1.807) is 4.90 Å². The molecule has 1 saturated heterocycles. The van der Waals surface area contributed by atoms with Crippen LogP contribution in [0.4, 0.5) is 0 Å². The van der Waals surface area contributed by atoms with Gasteiger partial charge in [-0.05, 0) is 25.3 Å². The van der Waals surface area contributed by atoms with Crippen molar-refractivity contribution >= 4 is 28.2 Å². The van der Waals surface area contributed by atoms with E-state index in [0.29, 0.717) is 48.5 Å². The number of allylic oxidation sites excluding steroid dienone is 1. The summed E-state index contributed by atoms with van der Waals surface area (Å²) in [6.07, 6.45) is 4.34. The number of hydrogen-bond acceptors (Lipinski definition) is 5. The van der Waals surface area contributed by atoms with Crippen molar-refractivity contribution in [3.8, 4) is 23.5 Å². The van der Waals surface area contributed by atoms with Crippen LogP contribution in [0.2, 0.25) is 0 Å². The zero-order chi connectivity index (χ0) is 23.4. The van der Waals surface area contributed by atoms with Gasteiger partial charge >= 0.3 is 0 Å². The molecule has 7 nitrogen and oxygen atoms in total. The molecular weight excluding hydrogens is 418 g/mol. The number of likely N-dealkylation sites (tertiary alicyclic amines) is 1. The molecule has 0 saturated carbocycles. The lowest BCUT2D eigenvalue weighted by atomic mass is 9.93. The molecule has 0 bridgehead atoms. The Morgan fingerprint density at radius 3 is 2.45 bits per heavy atom. The first kappa shape index (κ1) is 22.2. The van der Waals surface area contributed by atoms with Gasteiger partial charge < -0.3 is 19.4 Å². The number of carbonyl (C=O) groups is 2. The van der Waals surface area contributed by atoms with Crippen molar-refractivity contribution in [2.75, 3.05) is 27.3 Å². The molecule has 3 heterocycles. The van der Waals surface area contributed by atoms with Crippen LogP contribution in [0.5, 0.6) is 11.6 Å². The fourth-order valence-electron chi connectivity index (χ4n) is 4.17. The number of nitrogens with one attached hydrogen (secondary N) is 1. The van der Waals surface area contributed by atoms with E-state index in [0.717, 1.165) is 11.1 Å². The van der Waals surface area contributed by atoms with Gasteiger partial charge in [0.25, 0.3) is 11.7 Å². The Bertz CT molecular complexity index is 1290. The summed E-state index contributed by atoms with van der Waals surface area (Å²) in [6, 6.07) is 10.0. The molecule has 1 fully saturated rings. The number of pyridine rings is 1. The van der Waals surface area contributed by atoms with Crippen molar-refractivity contribution in [1.82, 2.24) is 14.9 Å². The number of Topliss-reactive ketones (excluding diaryl/α,β-unsaturated/α-hetero) is 1. The minimum Gasteiger partial charge on any atom is -0.494 e. The molecule has 0 unspecified atom stereocenters. The molecule has 1 amide bonds. The molecule has 0 radical (unpaired) electrons. The highest BCUT2D eigenvalue weighted by Crippen LogP contribution is 2.34. The molecule has 1 aliphatic rings. The van der Waals surface area contributed by atoms with E-state index in [9.17, 15) is 9.59 Å². The van der Waals surface area contributed by atoms with Gasteiger partial charge in [0.1, 0.15) is 11.3 Å². The lowest BCUT2D eigenvalue weighted by Crippen LogP contribution is -2.40. The second kappa shape index (κ2) is 9.61. The molecule has 0 atom stereocenters. The number of fused-ring (bicyclic) bond motifs is 1. The number of methoxy groups -OCH3 is 2. The van der Waals surface area contributed by atoms with Crippen LogP contribution in [0.1, 0.15) is 35.7 Å². The van der Waals surface area contributed by atoms with E-state index in [-0.39, 0.29) is 5.56 Å². The smallest absolute Gasteiger partial charge is 0.295 e. The van der Waals surface area contributed by atoms with E-state index < -0.39 is 11.7 Å². The maximum Gasteiger partial charge on any atom is 0.295 e. The zero-order valence-electron chi connectivity index (χ0n) is 18.9. The summed E-state index contributed by atoms with van der Waals surface area (Å²) < 4.78 is 10.6. The highest BCUT2D eigenvalue weighted by molar-refractivity contribution is 6.45. The number of aromatic amines is 1. The van der Waals surface area contributed by atoms with E-state index in [1.165, 1.54) is 32.2 Å². The summed E-state index contributed by atoms with van der Waals surface area (Å²) in [5.74, 6) is 5.83. The van der Waals surface area contributed by atoms with Gasteiger partial charge in [-0.25, -0.2) is 4.98 Å². The first-order valence-corrected chi connectivity index (χ1v) is 10.7. The molecule has 1 aliphatic heterocycles. The number of nitrogens with zero attached hydrogens (tertiary/aromatic N) is 2. The molecule has 33 heavy (non-hydrogen) atoms. The van der Waals surface area contributed by atoms with Crippen LogP contribution in [0.15, 0.2) is 48.3 Å². The average molecular weight is 444 g/mol. The van der Waals surface area contributed by atoms with Crippen molar-refractivity contribution in [1.29, 1.82) is 0 Å². The Labute approximate surface area is 192 Å². The fourth-order valence-corrected chi connectivity index (χ4v) is 4.17. The van der Waals surface area contributed by atoms with Gasteiger partial charge in [0.15, 0.2) is 0 Å². The summed E-state index contributed by atoms with van der Waals surface area (Å²) in [7, 11) is 2.99. The minimum absolute atomic E-state index is 0.246. The predicted molar refractivity (Wildman–Crippen MR) is 126 cm³/mol. The third-order valence-corrected chi connectivity index (χ3v) is 5.81. The van der Waals surface area contributed by atoms with Crippen molar-refractivity contribution in [2.45, 2.75) is 19.8 Å². The standard InChI is InChI=1S/C26H25N3O4/c1-4-8-19(17-9-6-5-7-10-17)18-11-13-29(14-12-18)26(31)24(30)20-15-27-23-22(20)21(32-2)16-28-25(23)33-3/h5-7,9-10,15-16,27H,11-14H2,1-3H3. The van der Waals surface area contributed by atoms with Crippen LogP contribution < -0.4 is 9.47 Å². The van der Waals surface area contributed by atoms with E-state index in [1.807, 2.05) is 37.3 Å². The predicted octanol–water partition coefficient (Wildman–Crippen LogP) is 3.86. The second-order valence-corrected chi connectivity index (χ2v) is 7.63. The lowest BCUT2D eigenvalue weighted by molar-refractivity contribution is -0.126. The number of aromatic nitrogens is 2. The molecule has 168 valence electrons. The number of H-pyrrole nitrogens is 1. The van der Waals surface area contributed by atoms with Crippen LogP contribution in [0.3, 0.4) is 0 Å². The van der Waals surface area contributed by atoms with Crippen LogP contribution >= 0.6 is 0 Å². The number of carbonyl (C=O) groups excluding carboxylic acids is 2. The van der Waals surface area contributed by atoms with Crippen LogP contribution in [0.25, 0.3) is 16.5 Å². The highest BCUT2D eigenvalue weighted by Gasteiger charge is 2.30. The second-order valence-electron chi connectivity index (χ2n) is 7.63. The first-order valence-electron chi connectivity index (χ1n) is 10.7. The van der Waals surface area contributed by atoms with Gasteiger partial charge in [-0.3, -0.25) is 9.59 Å². The summed E-state index contributed by atoms with van der Waals surface area (Å²) in [6.45, 7) is 2.75. The number of ketones is 1. The molecule has 0 aliphatic carbocycles. The Morgan fingerprint density at radius 2 is 1.82 bits per heavy atom. The monoisotopic (exact) mass is 443 g/mol. The van der Waals surface area contributed by atoms with Gasteiger partial charge in [0.2, 0.25) is 5.88 Å². The quantitative estimate of drug-likeness (QED) is 0.368. The number of piperidine rings is 1. The Balaban J connectivity index is 1.57. The van der Waals surface area contributed by atoms with E-state index >= 15 is 0 Å². The van der Waals surface area contributed by atoms with Gasteiger partial charge in [-0.15, -0.1) is 5.92 Å². The molecule has 2 aromatic heterocycles. The van der Waals surface area contributed by atoms with Crippen LogP contribution in [0, 0.1) is 11.8 Å². The topological polar surface area (TPSA) is 84.5 Å². The van der Waals surface area contributed by atoms with Crippen LogP contribution in [-0.2, 0) is 4.79 Å². The number of rotatable bonds is 5. The van der Waals surface area contributed by atoms with Gasteiger partial charge in [-0.1, -0.05) is 41.8 Å². The fraction of sp³-hybridized carbons (Fsp3) is 0.269. The number of benzene rings is 1. The molecule has 3 aromatic rings. The highest BCUT2D eigenvalue weighted by atomic mass is 16.5. The Hall–Kier alpha value is -4.05. The van der Waals surface area contributed by atoms with Gasteiger partial charge in [0, 0.05) is 24.9 Å². The van der Waals surface area contributed by atoms with Crippen molar-refractivity contribution in [3.05, 3.63) is 59.4 Å². The minimum atomic E-state index is -0.586. The molecular formula is C26H25N3O4. The molecule has 0 spiro atoms. The number of ether oxygens (including phenoxy) is 2. The number of hydrogen-bond donors (Lipinski definition) is 1. The van der Waals surface area contributed by atoms with Crippen molar-refractivity contribution < 1.29 is 19.1 Å². The SMILES string of the molecule is CC#CC(=C1CCN(C(=O)C(=O)c2c[nH]c3c(OC)ncc(OC)c23)CC1)c1ccccc1. The molecule has 4 rings (SSSR count). The summed E-state index contributed by atoms with van der Waals surface area (Å²) >= 11 is 0. The molecule has 7 heteroatoms. The average Bonchev–Trinajstić information content (AvgIpc) is 3.32. The van der Waals surface area contributed by atoms with Crippen molar-refractivity contribution in [3.63, 3.8) is 0 Å². The maximum absolute atomic E-state index is 13.2. The first-order chi connectivity index (χ1) is 16.1. The van der Waals surface area contributed by atoms with Crippen LogP contribution in [-0.4, -0.2) is 53.9 Å². The van der Waals surface area contributed by atoms with E-state index in [2.05, 4.69) is 21.8 Å². The summed E-state index contributed by atoms with van der Waals surface area (Å²) in [5, 5.41) is 0.491. The summed E-state index contributed by atoms with van der Waals surface area (Å²) in [5.41, 5.74) is 4.05. The maximum atomic E-state index is 13.2. The van der Waals surface area contributed by atoms with Gasteiger partial charge in [0.05, 0.1) is 31.4 Å².